The van der Waals surface area contributed by atoms with Crippen LogP contribution in [0.4, 0.5) is 10.5 Å². The highest BCUT2D eigenvalue weighted by molar-refractivity contribution is 6.06. The SMILES string of the molecule is O=C(O)Cn1ncc2cc(N3CCC(=O)NC3=O)ccc21. The molecule has 0 radical (unpaired) electrons. The molecule has 108 valence electrons. The van der Waals surface area contributed by atoms with Crippen LogP contribution < -0.4 is 10.2 Å². The third-order valence-electron chi connectivity index (χ3n) is 3.28. The van der Waals surface area contributed by atoms with Gasteiger partial charge in [-0.3, -0.25) is 24.5 Å². The molecule has 0 atom stereocenters. The van der Waals surface area contributed by atoms with Gasteiger partial charge in [0.05, 0.1) is 11.7 Å². The van der Waals surface area contributed by atoms with E-state index >= 15 is 0 Å². The second-order valence-electron chi connectivity index (χ2n) is 4.69. The Kier molecular flexibility index (Phi) is 3.05. The number of hydrogen-bond donors (Lipinski definition) is 2. The lowest BCUT2D eigenvalue weighted by Crippen LogP contribution is -2.49. The molecule has 1 saturated heterocycles. The van der Waals surface area contributed by atoms with Gasteiger partial charge in [0, 0.05) is 24.0 Å². The summed E-state index contributed by atoms with van der Waals surface area (Å²) in [5, 5.41) is 15.8. The molecule has 1 fully saturated rings. The van der Waals surface area contributed by atoms with E-state index in [-0.39, 0.29) is 18.9 Å². The minimum Gasteiger partial charge on any atom is -0.480 e. The zero-order valence-corrected chi connectivity index (χ0v) is 10.9. The summed E-state index contributed by atoms with van der Waals surface area (Å²) >= 11 is 0. The number of carboxylic acids is 1. The van der Waals surface area contributed by atoms with Gasteiger partial charge in [0.15, 0.2) is 0 Å². The Morgan fingerprint density at radius 3 is 2.90 bits per heavy atom. The summed E-state index contributed by atoms with van der Waals surface area (Å²) in [6, 6.07) is 4.71. The Morgan fingerprint density at radius 1 is 1.38 bits per heavy atom. The van der Waals surface area contributed by atoms with Crippen LogP contribution in [0, 0.1) is 0 Å². The molecule has 2 aromatic rings. The van der Waals surface area contributed by atoms with Crippen molar-refractivity contribution >= 4 is 34.5 Å². The Labute approximate surface area is 118 Å². The molecule has 2 N–H and O–H groups in total. The van der Waals surface area contributed by atoms with Gasteiger partial charge in [-0.2, -0.15) is 5.10 Å². The number of carboxylic acid groups (broad SMARTS) is 1. The van der Waals surface area contributed by atoms with Gasteiger partial charge in [0.25, 0.3) is 0 Å². The number of fused-ring (bicyclic) bond motifs is 1. The van der Waals surface area contributed by atoms with Crippen molar-refractivity contribution in [3.63, 3.8) is 0 Å². The van der Waals surface area contributed by atoms with E-state index in [1.54, 1.807) is 24.4 Å². The molecule has 2 heterocycles. The van der Waals surface area contributed by atoms with Crippen molar-refractivity contribution in [2.75, 3.05) is 11.4 Å². The summed E-state index contributed by atoms with van der Waals surface area (Å²) in [6.07, 6.45) is 1.80. The number of aliphatic carboxylic acids is 1. The van der Waals surface area contributed by atoms with Crippen LogP contribution in [0.3, 0.4) is 0 Å². The van der Waals surface area contributed by atoms with Gasteiger partial charge in [0.1, 0.15) is 6.54 Å². The number of nitrogens with zero attached hydrogens (tertiary/aromatic N) is 3. The lowest BCUT2D eigenvalue weighted by atomic mass is 10.2. The van der Waals surface area contributed by atoms with E-state index in [1.807, 2.05) is 0 Å². The van der Waals surface area contributed by atoms with Gasteiger partial charge in [-0.1, -0.05) is 0 Å². The van der Waals surface area contributed by atoms with Gasteiger partial charge >= 0.3 is 12.0 Å². The molecule has 1 aromatic carbocycles. The zero-order valence-electron chi connectivity index (χ0n) is 10.9. The first kappa shape index (κ1) is 13.1. The first-order valence-electron chi connectivity index (χ1n) is 6.33. The maximum absolute atomic E-state index is 11.8. The average molecular weight is 288 g/mol. The zero-order chi connectivity index (χ0) is 15.0. The third kappa shape index (κ3) is 2.42. The fourth-order valence-electron chi connectivity index (χ4n) is 2.31. The van der Waals surface area contributed by atoms with E-state index in [2.05, 4.69) is 10.4 Å². The highest BCUT2D eigenvalue weighted by atomic mass is 16.4. The Bertz CT molecular complexity index is 752. The normalized spacial score (nSPS) is 15.3. The van der Waals surface area contributed by atoms with E-state index in [0.29, 0.717) is 17.7 Å². The monoisotopic (exact) mass is 288 g/mol. The van der Waals surface area contributed by atoms with Crippen molar-refractivity contribution in [2.24, 2.45) is 0 Å². The van der Waals surface area contributed by atoms with Crippen LogP contribution in [0.15, 0.2) is 24.4 Å². The number of nitrogens with one attached hydrogen (secondary N) is 1. The number of benzene rings is 1. The minimum atomic E-state index is -0.974. The Balaban J connectivity index is 1.93. The van der Waals surface area contributed by atoms with Gasteiger partial charge in [-0.05, 0) is 18.2 Å². The molecule has 0 unspecified atom stereocenters. The smallest absolute Gasteiger partial charge is 0.328 e. The van der Waals surface area contributed by atoms with Gasteiger partial charge < -0.3 is 5.11 Å². The molecule has 1 aliphatic heterocycles. The number of carbonyl (C=O) groups excluding carboxylic acids is 2. The van der Waals surface area contributed by atoms with E-state index in [1.165, 1.54) is 9.58 Å². The van der Waals surface area contributed by atoms with Crippen LogP contribution >= 0.6 is 0 Å². The second kappa shape index (κ2) is 4.89. The fourth-order valence-corrected chi connectivity index (χ4v) is 2.31. The first-order chi connectivity index (χ1) is 10.0. The van der Waals surface area contributed by atoms with E-state index in [4.69, 9.17) is 5.11 Å². The van der Waals surface area contributed by atoms with E-state index < -0.39 is 12.0 Å². The quantitative estimate of drug-likeness (QED) is 0.859. The average Bonchev–Trinajstić information content (AvgIpc) is 2.80. The largest absolute Gasteiger partial charge is 0.480 e. The summed E-state index contributed by atoms with van der Waals surface area (Å²) in [5.74, 6) is -1.26. The van der Waals surface area contributed by atoms with E-state index in [0.717, 1.165) is 5.39 Å². The maximum Gasteiger partial charge on any atom is 0.328 e. The summed E-state index contributed by atoms with van der Waals surface area (Å²) in [7, 11) is 0. The molecule has 0 spiro atoms. The molecule has 1 aliphatic rings. The number of amides is 3. The van der Waals surface area contributed by atoms with E-state index in [9.17, 15) is 14.4 Å². The number of anilines is 1. The number of urea groups is 1. The molecule has 0 bridgehead atoms. The van der Waals surface area contributed by atoms with Crippen LogP contribution in [0.25, 0.3) is 10.9 Å². The highest BCUT2D eigenvalue weighted by Crippen LogP contribution is 2.23. The molecule has 8 nitrogen and oxygen atoms in total. The molecule has 8 heteroatoms. The van der Waals surface area contributed by atoms with Crippen LogP contribution in [0.1, 0.15) is 6.42 Å². The summed E-state index contributed by atoms with van der Waals surface area (Å²) < 4.78 is 1.38. The number of imide groups is 1. The Hall–Kier alpha value is -2.90. The second-order valence-corrected chi connectivity index (χ2v) is 4.69. The molecule has 1 aromatic heterocycles. The van der Waals surface area contributed by atoms with Gasteiger partial charge in [-0.15, -0.1) is 0 Å². The van der Waals surface area contributed by atoms with Crippen LogP contribution in [0.2, 0.25) is 0 Å². The van der Waals surface area contributed by atoms with Crippen molar-refractivity contribution < 1.29 is 19.5 Å². The van der Waals surface area contributed by atoms with Crippen LogP contribution in [0.5, 0.6) is 0 Å². The van der Waals surface area contributed by atoms with Crippen molar-refractivity contribution in [3.8, 4) is 0 Å². The molecule has 0 aliphatic carbocycles. The summed E-state index contributed by atoms with van der Waals surface area (Å²) in [4.78, 5) is 35.1. The molecule has 0 saturated carbocycles. The standard InChI is InChI=1S/C13H12N4O4/c18-11-3-4-16(13(21)15-11)9-1-2-10-8(5-9)6-14-17(10)7-12(19)20/h1-2,5-6H,3-4,7H2,(H,19,20)(H,15,18,21). The number of carbonyl (C=O) groups is 3. The third-order valence-corrected chi connectivity index (χ3v) is 3.28. The van der Waals surface area contributed by atoms with Crippen LogP contribution in [-0.2, 0) is 16.1 Å². The number of rotatable bonds is 3. The number of hydrogen-bond acceptors (Lipinski definition) is 4. The lowest BCUT2D eigenvalue weighted by Gasteiger charge is -2.26. The summed E-state index contributed by atoms with van der Waals surface area (Å²) in [5.41, 5.74) is 1.32. The molecule has 21 heavy (non-hydrogen) atoms. The van der Waals surface area contributed by atoms with Crippen molar-refractivity contribution in [1.29, 1.82) is 0 Å². The Morgan fingerprint density at radius 2 is 2.19 bits per heavy atom. The number of aromatic nitrogens is 2. The highest BCUT2D eigenvalue weighted by Gasteiger charge is 2.24. The van der Waals surface area contributed by atoms with Crippen molar-refractivity contribution in [2.45, 2.75) is 13.0 Å². The molecule has 3 amide bonds. The van der Waals surface area contributed by atoms with Gasteiger partial charge in [0.2, 0.25) is 5.91 Å². The predicted molar refractivity (Wildman–Crippen MR) is 72.9 cm³/mol. The molecular formula is C13H12N4O4. The maximum atomic E-state index is 11.8. The van der Waals surface area contributed by atoms with Gasteiger partial charge in [-0.25, -0.2) is 4.79 Å². The molecular weight excluding hydrogens is 276 g/mol. The lowest BCUT2D eigenvalue weighted by molar-refractivity contribution is -0.137. The fraction of sp³-hybridized carbons (Fsp3) is 0.231. The first-order valence-corrected chi connectivity index (χ1v) is 6.33. The summed E-state index contributed by atoms with van der Waals surface area (Å²) in [6.45, 7) is 0.0982. The minimum absolute atomic E-state index is 0.221. The van der Waals surface area contributed by atoms with Crippen molar-refractivity contribution in [3.05, 3.63) is 24.4 Å². The molecule has 3 rings (SSSR count). The topological polar surface area (TPSA) is 105 Å². The van der Waals surface area contributed by atoms with Crippen molar-refractivity contribution in [1.82, 2.24) is 15.1 Å². The van der Waals surface area contributed by atoms with Crippen LogP contribution in [-0.4, -0.2) is 39.3 Å². The predicted octanol–water partition coefficient (Wildman–Crippen LogP) is 0.567.